The van der Waals surface area contributed by atoms with Crippen LogP contribution in [0.25, 0.3) is 0 Å². The molecule has 0 atom stereocenters. The van der Waals surface area contributed by atoms with Gasteiger partial charge in [0.05, 0.1) is 14.2 Å². The molecule has 0 aliphatic carbocycles. The van der Waals surface area contributed by atoms with Crippen LogP contribution in [0.1, 0.15) is 21.5 Å². The molecule has 6 heteroatoms. The summed E-state index contributed by atoms with van der Waals surface area (Å²) in [4.78, 5) is 14.9. The van der Waals surface area contributed by atoms with Gasteiger partial charge in [-0.2, -0.15) is 0 Å². The lowest BCUT2D eigenvalue weighted by Crippen LogP contribution is -2.36. The summed E-state index contributed by atoms with van der Waals surface area (Å²) in [5.41, 5.74) is 2.73. The van der Waals surface area contributed by atoms with Gasteiger partial charge in [-0.1, -0.05) is 6.07 Å². The molecular weight excluding hydrogens is 322 g/mol. The molecule has 130 valence electrons. The number of hydrogen-bond acceptors (Lipinski definition) is 5. The average molecular weight is 341 g/mol. The summed E-state index contributed by atoms with van der Waals surface area (Å²) in [6, 6.07) is 9.33. The third-order valence-electron chi connectivity index (χ3n) is 4.64. The smallest absolute Gasteiger partial charge is 0.261 e. The first kappa shape index (κ1) is 15.6. The number of hydrogen-bond donors (Lipinski definition) is 0. The highest BCUT2D eigenvalue weighted by Crippen LogP contribution is 2.37. The lowest BCUT2D eigenvalue weighted by molar-refractivity contribution is 0.0727. The van der Waals surface area contributed by atoms with Gasteiger partial charge in [0.15, 0.2) is 11.5 Å². The van der Waals surface area contributed by atoms with Crippen LogP contribution in [-0.2, 0) is 13.0 Å². The second-order valence-electron chi connectivity index (χ2n) is 5.99. The number of methoxy groups -OCH3 is 2. The van der Waals surface area contributed by atoms with E-state index in [-0.39, 0.29) is 12.7 Å². The van der Waals surface area contributed by atoms with Gasteiger partial charge in [0.1, 0.15) is 17.1 Å². The highest BCUT2D eigenvalue weighted by molar-refractivity contribution is 5.99. The normalized spacial score (nSPS) is 14.9. The van der Waals surface area contributed by atoms with Gasteiger partial charge in [0.2, 0.25) is 6.79 Å². The van der Waals surface area contributed by atoms with Crippen molar-refractivity contribution in [1.82, 2.24) is 4.90 Å². The molecule has 4 rings (SSSR count). The molecule has 6 nitrogen and oxygen atoms in total. The molecule has 0 aromatic heterocycles. The molecule has 2 heterocycles. The quantitative estimate of drug-likeness (QED) is 0.859. The van der Waals surface area contributed by atoms with E-state index in [1.54, 1.807) is 32.4 Å². The Bertz CT molecular complexity index is 811. The molecule has 0 saturated heterocycles. The molecular formula is C19H19NO5. The van der Waals surface area contributed by atoms with E-state index in [1.807, 2.05) is 17.0 Å². The Hall–Kier alpha value is -2.89. The van der Waals surface area contributed by atoms with E-state index in [2.05, 4.69) is 0 Å². The topological polar surface area (TPSA) is 57.2 Å². The summed E-state index contributed by atoms with van der Waals surface area (Å²) >= 11 is 0. The minimum Gasteiger partial charge on any atom is -0.496 e. The first-order valence-electron chi connectivity index (χ1n) is 8.13. The Morgan fingerprint density at radius 1 is 1.04 bits per heavy atom. The summed E-state index contributed by atoms with van der Waals surface area (Å²) in [6.45, 7) is 1.40. The fraction of sp³-hybridized carbons (Fsp3) is 0.316. The third kappa shape index (κ3) is 2.63. The van der Waals surface area contributed by atoms with E-state index in [0.29, 0.717) is 30.2 Å². The fourth-order valence-corrected chi connectivity index (χ4v) is 3.34. The first-order valence-corrected chi connectivity index (χ1v) is 8.13. The zero-order chi connectivity index (χ0) is 17.4. The fourth-order valence-electron chi connectivity index (χ4n) is 3.34. The van der Waals surface area contributed by atoms with Gasteiger partial charge in [0.25, 0.3) is 5.91 Å². The van der Waals surface area contributed by atoms with E-state index in [9.17, 15) is 4.79 Å². The second-order valence-corrected chi connectivity index (χ2v) is 5.99. The van der Waals surface area contributed by atoms with Gasteiger partial charge in [-0.3, -0.25) is 4.79 Å². The van der Waals surface area contributed by atoms with Crippen molar-refractivity contribution in [3.63, 3.8) is 0 Å². The average Bonchev–Trinajstić information content (AvgIpc) is 3.11. The standard InChI is InChI=1S/C19H19NO5/c1-22-14-4-3-5-15(23-2)18(14)19(21)20-7-6-12-8-16-17(25-11-24-16)9-13(12)10-20/h3-5,8-9H,6-7,10-11H2,1-2H3. The summed E-state index contributed by atoms with van der Waals surface area (Å²) in [6.07, 6.45) is 0.773. The number of rotatable bonds is 3. The lowest BCUT2D eigenvalue weighted by atomic mass is 9.98. The highest BCUT2D eigenvalue weighted by atomic mass is 16.7. The van der Waals surface area contributed by atoms with Crippen LogP contribution in [0.4, 0.5) is 0 Å². The van der Waals surface area contributed by atoms with Gasteiger partial charge in [-0.15, -0.1) is 0 Å². The number of fused-ring (bicyclic) bond motifs is 2. The van der Waals surface area contributed by atoms with E-state index >= 15 is 0 Å². The van der Waals surface area contributed by atoms with Crippen LogP contribution in [0, 0.1) is 0 Å². The monoisotopic (exact) mass is 341 g/mol. The van der Waals surface area contributed by atoms with Gasteiger partial charge < -0.3 is 23.8 Å². The van der Waals surface area contributed by atoms with Crippen molar-refractivity contribution in [1.29, 1.82) is 0 Å². The molecule has 0 radical (unpaired) electrons. The maximum Gasteiger partial charge on any atom is 0.261 e. The molecule has 0 N–H and O–H groups in total. The maximum atomic E-state index is 13.1. The van der Waals surface area contributed by atoms with Crippen LogP contribution in [0.15, 0.2) is 30.3 Å². The largest absolute Gasteiger partial charge is 0.496 e. The van der Waals surface area contributed by atoms with Crippen LogP contribution in [0.5, 0.6) is 23.0 Å². The number of benzene rings is 2. The summed E-state index contributed by atoms with van der Waals surface area (Å²) in [5.74, 6) is 2.45. The van der Waals surface area contributed by atoms with Gasteiger partial charge in [-0.05, 0) is 41.8 Å². The van der Waals surface area contributed by atoms with Crippen LogP contribution >= 0.6 is 0 Å². The molecule has 2 aliphatic rings. The van der Waals surface area contributed by atoms with Crippen LogP contribution in [0.2, 0.25) is 0 Å². The Labute approximate surface area is 145 Å². The summed E-state index contributed by atoms with van der Waals surface area (Å²) < 4.78 is 21.6. The van der Waals surface area contributed by atoms with Crippen LogP contribution in [-0.4, -0.2) is 38.4 Å². The number of ether oxygens (including phenoxy) is 4. The van der Waals surface area contributed by atoms with Crippen molar-refractivity contribution in [3.8, 4) is 23.0 Å². The molecule has 2 aliphatic heterocycles. The molecule has 0 unspecified atom stereocenters. The molecule has 1 amide bonds. The van der Waals surface area contributed by atoms with Crippen LogP contribution in [0.3, 0.4) is 0 Å². The SMILES string of the molecule is COc1cccc(OC)c1C(=O)N1CCc2cc3c(cc2C1)OCO3. The molecule has 2 aromatic rings. The zero-order valence-corrected chi connectivity index (χ0v) is 14.2. The van der Waals surface area contributed by atoms with E-state index in [1.165, 1.54) is 5.56 Å². The number of carbonyl (C=O) groups excluding carboxylic acids is 1. The molecule has 0 spiro atoms. The maximum absolute atomic E-state index is 13.1. The predicted octanol–water partition coefficient (Wildman–Crippen LogP) is 2.63. The summed E-state index contributed by atoms with van der Waals surface area (Å²) in [5, 5.41) is 0. The number of amides is 1. The second kappa shape index (κ2) is 6.20. The van der Waals surface area contributed by atoms with E-state index in [0.717, 1.165) is 23.5 Å². The molecule has 0 bridgehead atoms. The first-order chi connectivity index (χ1) is 12.2. The van der Waals surface area contributed by atoms with E-state index < -0.39 is 0 Å². The molecule has 25 heavy (non-hydrogen) atoms. The minimum absolute atomic E-state index is 0.0994. The zero-order valence-electron chi connectivity index (χ0n) is 14.2. The van der Waals surface area contributed by atoms with Gasteiger partial charge >= 0.3 is 0 Å². The lowest BCUT2D eigenvalue weighted by Gasteiger charge is -2.30. The van der Waals surface area contributed by atoms with Crippen molar-refractivity contribution in [3.05, 3.63) is 47.0 Å². The third-order valence-corrected chi connectivity index (χ3v) is 4.64. The Kier molecular flexibility index (Phi) is 3.87. The number of carbonyl (C=O) groups is 1. The molecule has 2 aromatic carbocycles. The van der Waals surface area contributed by atoms with Crippen molar-refractivity contribution < 1.29 is 23.7 Å². The van der Waals surface area contributed by atoms with Crippen molar-refractivity contribution in [2.45, 2.75) is 13.0 Å². The molecule has 0 fully saturated rings. The van der Waals surface area contributed by atoms with Crippen LogP contribution < -0.4 is 18.9 Å². The Morgan fingerprint density at radius 3 is 2.32 bits per heavy atom. The van der Waals surface area contributed by atoms with Gasteiger partial charge in [0, 0.05) is 13.1 Å². The Balaban J connectivity index is 1.65. The minimum atomic E-state index is -0.0994. The number of nitrogens with zero attached hydrogens (tertiary/aromatic N) is 1. The summed E-state index contributed by atoms with van der Waals surface area (Å²) in [7, 11) is 3.11. The Morgan fingerprint density at radius 2 is 1.68 bits per heavy atom. The predicted molar refractivity (Wildman–Crippen MR) is 90.6 cm³/mol. The molecule has 0 saturated carbocycles. The van der Waals surface area contributed by atoms with Gasteiger partial charge in [-0.25, -0.2) is 0 Å². The van der Waals surface area contributed by atoms with E-state index in [4.69, 9.17) is 18.9 Å². The van der Waals surface area contributed by atoms with Crippen molar-refractivity contribution in [2.24, 2.45) is 0 Å². The highest BCUT2D eigenvalue weighted by Gasteiger charge is 2.28. The van der Waals surface area contributed by atoms with Crippen molar-refractivity contribution >= 4 is 5.91 Å². The van der Waals surface area contributed by atoms with Crippen molar-refractivity contribution in [2.75, 3.05) is 27.6 Å².